The van der Waals surface area contributed by atoms with E-state index in [-0.39, 0.29) is 11.0 Å². The van der Waals surface area contributed by atoms with Gasteiger partial charge in [-0.3, -0.25) is 0 Å². The lowest BCUT2D eigenvalue weighted by Crippen LogP contribution is -2.15. The van der Waals surface area contributed by atoms with E-state index in [0.29, 0.717) is 11.5 Å². The molecule has 0 spiro atoms. The minimum absolute atomic E-state index is 0.288. The van der Waals surface area contributed by atoms with Gasteiger partial charge in [0, 0.05) is 11.5 Å². The molecule has 0 fully saturated rings. The van der Waals surface area contributed by atoms with Crippen LogP contribution in [-0.4, -0.2) is 23.3 Å². The first-order valence-electron chi connectivity index (χ1n) is 6.10. The lowest BCUT2D eigenvalue weighted by Gasteiger charge is -2.17. The van der Waals surface area contributed by atoms with Crippen molar-refractivity contribution in [3.05, 3.63) is 41.3 Å². The molecule has 2 aromatic rings. The quantitative estimate of drug-likeness (QED) is 0.668. The largest absolute Gasteiger partial charge is 0.421 e. The highest BCUT2D eigenvalue weighted by Crippen LogP contribution is 2.39. The Balaban J connectivity index is 2.53. The van der Waals surface area contributed by atoms with Crippen LogP contribution in [0.4, 0.5) is 24.7 Å². The van der Waals surface area contributed by atoms with Gasteiger partial charge in [-0.1, -0.05) is 12.1 Å². The van der Waals surface area contributed by atoms with E-state index in [1.54, 1.807) is 18.2 Å². The van der Waals surface area contributed by atoms with E-state index in [1.165, 1.54) is 19.4 Å². The van der Waals surface area contributed by atoms with Crippen LogP contribution in [0.25, 0.3) is 0 Å². The molecule has 0 aliphatic heterocycles. The summed E-state index contributed by atoms with van der Waals surface area (Å²) in [5, 5.41) is 2.68. The van der Waals surface area contributed by atoms with Gasteiger partial charge in [-0.2, -0.15) is 18.2 Å². The van der Waals surface area contributed by atoms with Crippen molar-refractivity contribution >= 4 is 35.6 Å². The van der Waals surface area contributed by atoms with Gasteiger partial charge in [-0.25, -0.2) is 4.98 Å². The first kappa shape index (κ1) is 16.8. The third-order valence-corrected chi connectivity index (χ3v) is 4.53. The number of hydrogen-bond acceptors (Lipinski definition) is 4. The van der Waals surface area contributed by atoms with Crippen molar-refractivity contribution in [3.8, 4) is 0 Å². The molecular formula is C13H12ClF3N3OP. The lowest BCUT2D eigenvalue weighted by atomic mass is 10.2. The standard InChI is InChI=1S/C13H12ClF3N3OP/c1-22(2,21)10-6-4-3-5-9(10)19-11-8(13(15,16)17)7-18-12(14)20-11/h3-7H,1-2H3,(H,18,19,20). The number of aromatic nitrogens is 2. The van der Waals surface area contributed by atoms with E-state index >= 15 is 0 Å². The molecule has 0 atom stereocenters. The summed E-state index contributed by atoms with van der Waals surface area (Å²) in [7, 11) is -2.68. The molecule has 2 rings (SSSR count). The molecule has 1 aromatic heterocycles. The number of anilines is 2. The summed E-state index contributed by atoms with van der Waals surface area (Å²) in [4.78, 5) is 6.95. The van der Waals surface area contributed by atoms with Crippen molar-refractivity contribution in [2.75, 3.05) is 18.6 Å². The summed E-state index contributed by atoms with van der Waals surface area (Å²) in [6.07, 6.45) is -4.03. The van der Waals surface area contributed by atoms with E-state index < -0.39 is 24.7 Å². The highest BCUT2D eigenvalue weighted by atomic mass is 35.5. The van der Waals surface area contributed by atoms with E-state index in [1.807, 2.05) is 0 Å². The van der Waals surface area contributed by atoms with Gasteiger partial charge >= 0.3 is 6.18 Å². The number of nitrogens with one attached hydrogen (secondary N) is 1. The van der Waals surface area contributed by atoms with Gasteiger partial charge in [0.05, 0.1) is 5.69 Å². The van der Waals surface area contributed by atoms with Gasteiger partial charge in [0.2, 0.25) is 5.28 Å². The number of rotatable bonds is 3. The van der Waals surface area contributed by atoms with Crippen molar-refractivity contribution < 1.29 is 17.7 Å². The molecular weight excluding hydrogens is 338 g/mol. The molecule has 0 unspecified atom stereocenters. The highest BCUT2D eigenvalue weighted by Gasteiger charge is 2.35. The van der Waals surface area contributed by atoms with Crippen molar-refractivity contribution in [1.82, 2.24) is 9.97 Å². The number of para-hydroxylation sites is 1. The second-order valence-corrected chi connectivity index (χ2v) is 8.41. The Hall–Kier alpha value is -1.59. The monoisotopic (exact) mass is 349 g/mol. The summed E-state index contributed by atoms with van der Waals surface area (Å²) >= 11 is 5.58. The van der Waals surface area contributed by atoms with Crippen molar-refractivity contribution in [2.45, 2.75) is 6.18 Å². The third-order valence-electron chi connectivity index (χ3n) is 2.80. The molecule has 22 heavy (non-hydrogen) atoms. The second kappa shape index (κ2) is 5.89. The first-order chi connectivity index (χ1) is 10.1. The maximum Gasteiger partial charge on any atom is 0.421 e. The number of halogens is 4. The fraction of sp³-hybridized carbons (Fsp3) is 0.231. The van der Waals surface area contributed by atoms with Crippen LogP contribution >= 0.6 is 18.7 Å². The van der Waals surface area contributed by atoms with Crippen LogP contribution in [0.3, 0.4) is 0 Å². The maximum absolute atomic E-state index is 13.0. The van der Waals surface area contributed by atoms with E-state index in [9.17, 15) is 17.7 Å². The van der Waals surface area contributed by atoms with Gasteiger partial charge in [0.15, 0.2) is 0 Å². The molecule has 0 amide bonds. The highest BCUT2D eigenvalue weighted by molar-refractivity contribution is 7.70. The van der Waals surface area contributed by atoms with Gasteiger partial charge in [0.25, 0.3) is 0 Å². The van der Waals surface area contributed by atoms with Crippen molar-refractivity contribution in [2.24, 2.45) is 0 Å². The molecule has 0 aliphatic rings. The van der Waals surface area contributed by atoms with Crippen LogP contribution in [0.1, 0.15) is 5.56 Å². The zero-order valence-corrected chi connectivity index (χ0v) is 13.3. The zero-order valence-electron chi connectivity index (χ0n) is 11.6. The minimum Gasteiger partial charge on any atom is -0.339 e. The Labute approximate surface area is 130 Å². The average molecular weight is 350 g/mol. The molecule has 1 aromatic carbocycles. The minimum atomic E-state index is -4.63. The topological polar surface area (TPSA) is 54.9 Å². The van der Waals surface area contributed by atoms with Gasteiger partial charge in [-0.05, 0) is 37.1 Å². The van der Waals surface area contributed by atoms with Crippen LogP contribution in [0.5, 0.6) is 0 Å². The van der Waals surface area contributed by atoms with Gasteiger partial charge in [0.1, 0.15) is 18.5 Å². The molecule has 9 heteroatoms. The SMILES string of the molecule is CP(C)(=O)c1ccccc1Nc1nc(Cl)ncc1C(F)(F)F. The van der Waals surface area contributed by atoms with Gasteiger partial charge < -0.3 is 9.88 Å². The number of nitrogens with zero attached hydrogens (tertiary/aromatic N) is 2. The summed E-state index contributed by atoms with van der Waals surface area (Å²) in [6.45, 7) is 3.07. The maximum atomic E-state index is 13.0. The van der Waals surface area contributed by atoms with Crippen LogP contribution in [-0.2, 0) is 10.7 Å². The van der Waals surface area contributed by atoms with Gasteiger partial charge in [-0.15, -0.1) is 0 Å². The Morgan fingerprint density at radius 1 is 1.23 bits per heavy atom. The first-order valence-corrected chi connectivity index (χ1v) is 9.08. The molecule has 1 N–H and O–H groups in total. The van der Waals surface area contributed by atoms with E-state index in [2.05, 4.69) is 15.3 Å². The molecule has 0 saturated carbocycles. The molecule has 0 saturated heterocycles. The number of alkyl halides is 3. The summed E-state index contributed by atoms with van der Waals surface area (Å²) in [6, 6.07) is 6.42. The van der Waals surface area contributed by atoms with E-state index in [4.69, 9.17) is 11.6 Å². The predicted octanol–water partition coefficient (Wildman–Crippen LogP) is 4.14. The van der Waals surface area contributed by atoms with Crippen LogP contribution in [0.2, 0.25) is 5.28 Å². The van der Waals surface area contributed by atoms with Crippen molar-refractivity contribution in [1.29, 1.82) is 0 Å². The fourth-order valence-electron chi connectivity index (χ4n) is 1.84. The molecule has 0 bridgehead atoms. The zero-order chi connectivity index (χ0) is 16.5. The Kier molecular flexibility index (Phi) is 4.49. The third kappa shape index (κ3) is 3.78. The van der Waals surface area contributed by atoms with E-state index in [0.717, 1.165) is 0 Å². The Morgan fingerprint density at radius 3 is 2.45 bits per heavy atom. The number of hydrogen-bond donors (Lipinski definition) is 1. The van der Waals surface area contributed by atoms with Crippen molar-refractivity contribution in [3.63, 3.8) is 0 Å². The van der Waals surface area contributed by atoms with Crippen LogP contribution in [0, 0.1) is 0 Å². The summed E-state index contributed by atoms with van der Waals surface area (Å²) in [5.41, 5.74) is -0.759. The second-order valence-electron chi connectivity index (χ2n) is 4.89. The molecule has 0 radical (unpaired) electrons. The predicted molar refractivity (Wildman–Crippen MR) is 80.9 cm³/mol. The molecule has 4 nitrogen and oxygen atoms in total. The number of benzene rings is 1. The summed E-state index contributed by atoms with van der Waals surface area (Å²) in [5.74, 6) is -0.478. The summed E-state index contributed by atoms with van der Waals surface area (Å²) < 4.78 is 51.3. The average Bonchev–Trinajstić information content (AvgIpc) is 2.36. The lowest BCUT2D eigenvalue weighted by molar-refractivity contribution is -0.137. The molecule has 1 heterocycles. The Bertz CT molecular complexity index is 746. The van der Waals surface area contributed by atoms with Crippen LogP contribution in [0.15, 0.2) is 30.5 Å². The normalized spacial score (nSPS) is 12.3. The van der Waals surface area contributed by atoms with Crippen LogP contribution < -0.4 is 10.6 Å². The Morgan fingerprint density at radius 2 is 1.86 bits per heavy atom. The fourth-order valence-corrected chi connectivity index (χ4v) is 3.13. The molecule has 0 aliphatic carbocycles. The molecule has 118 valence electrons. The smallest absolute Gasteiger partial charge is 0.339 e.